The number of nitrogens with zero attached hydrogens (tertiary/aromatic N) is 4. The number of nitrogens with one attached hydrogen (secondary N) is 1. The number of para-hydroxylation sites is 1. The normalized spacial score (nSPS) is 10.4. The maximum Gasteiger partial charge on any atom is 0.103 e. The highest BCUT2D eigenvalue weighted by atomic mass is 15.3. The molecule has 21 heavy (non-hydrogen) atoms. The fourth-order valence-corrected chi connectivity index (χ4v) is 2.21. The Labute approximate surface area is 121 Å². The Hall–Kier alpha value is -3.07. The highest BCUT2D eigenvalue weighted by Crippen LogP contribution is 2.25. The second-order valence-electron chi connectivity index (χ2n) is 4.64. The Kier molecular flexibility index (Phi) is 3.39. The average Bonchev–Trinajstić information content (AvgIpc) is 2.93. The molecule has 0 fully saturated rings. The number of nitrogen functional groups attached to an aromatic ring is 1. The van der Waals surface area contributed by atoms with Gasteiger partial charge in [-0.25, -0.2) is 0 Å². The first-order valence-corrected chi connectivity index (χ1v) is 6.57. The summed E-state index contributed by atoms with van der Waals surface area (Å²) in [6.45, 7) is 1.31. The Morgan fingerprint density at radius 1 is 1.29 bits per heavy atom. The van der Waals surface area contributed by atoms with Crippen molar-refractivity contribution >= 4 is 22.3 Å². The van der Waals surface area contributed by atoms with Gasteiger partial charge in [-0.3, -0.25) is 9.67 Å². The number of benzene rings is 1. The molecule has 0 saturated heterocycles. The average molecular weight is 278 g/mol. The lowest BCUT2D eigenvalue weighted by Crippen LogP contribution is -2.12. The van der Waals surface area contributed by atoms with Crippen molar-refractivity contribution in [2.45, 2.75) is 6.54 Å². The number of aromatic nitrogens is 3. The number of hydrogen-bond donors (Lipinski definition) is 2. The van der Waals surface area contributed by atoms with E-state index < -0.39 is 0 Å². The fraction of sp³-hybridized carbons (Fsp3) is 0.133. The van der Waals surface area contributed by atoms with Crippen LogP contribution in [0.2, 0.25) is 0 Å². The smallest absolute Gasteiger partial charge is 0.103 e. The molecule has 0 aliphatic carbocycles. The first kappa shape index (κ1) is 12.9. The molecule has 2 aromatic heterocycles. The molecular weight excluding hydrogens is 264 g/mol. The minimum atomic E-state index is 0.536. The summed E-state index contributed by atoms with van der Waals surface area (Å²) in [5.74, 6) is 0. The molecule has 3 rings (SSSR count). The summed E-state index contributed by atoms with van der Waals surface area (Å²) in [4.78, 5) is 4.29. The molecule has 0 amide bonds. The highest BCUT2D eigenvalue weighted by Gasteiger charge is 2.07. The van der Waals surface area contributed by atoms with E-state index in [1.165, 1.54) is 0 Å². The molecule has 6 heteroatoms. The van der Waals surface area contributed by atoms with Crippen molar-refractivity contribution < 1.29 is 0 Å². The zero-order valence-corrected chi connectivity index (χ0v) is 11.3. The number of rotatable bonds is 4. The van der Waals surface area contributed by atoms with Crippen LogP contribution < -0.4 is 11.1 Å². The van der Waals surface area contributed by atoms with Crippen LogP contribution in [0.5, 0.6) is 0 Å². The van der Waals surface area contributed by atoms with Crippen molar-refractivity contribution in [3.8, 4) is 6.07 Å². The number of anilines is 2. The van der Waals surface area contributed by atoms with E-state index >= 15 is 0 Å². The predicted molar refractivity (Wildman–Crippen MR) is 81.6 cm³/mol. The van der Waals surface area contributed by atoms with E-state index in [1.54, 1.807) is 23.3 Å². The molecule has 2 heterocycles. The van der Waals surface area contributed by atoms with Gasteiger partial charge in [-0.2, -0.15) is 10.4 Å². The maximum atomic E-state index is 9.23. The van der Waals surface area contributed by atoms with Gasteiger partial charge >= 0.3 is 0 Å². The van der Waals surface area contributed by atoms with Crippen molar-refractivity contribution in [3.63, 3.8) is 0 Å². The van der Waals surface area contributed by atoms with Crippen LogP contribution in [0.25, 0.3) is 10.9 Å². The van der Waals surface area contributed by atoms with Crippen molar-refractivity contribution in [1.29, 1.82) is 5.26 Å². The van der Waals surface area contributed by atoms with Gasteiger partial charge in [-0.15, -0.1) is 0 Å². The Bertz CT molecular complexity index is 814. The van der Waals surface area contributed by atoms with Gasteiger partial charge in [0.25, 0.3) is 0 Å². The first-order valence-electron chi connectivity index (χ1n) is 6.57. The van der Waals surface area contributed by atoms with Crippen LogP contribution in [0.15, 0.2) is 42.9 Å². The second kappa shape index (κ2) is 5.51. The zero-order chi connectivity index (χ0) is 14.7. The van der Waals surface area contributed by atoms with Crippen LogP contribution in [-0.4, -0.2) is 21.3 Å². The number of nitriles is 1. The van der Waals surface area contributed by atoms with Crippen LogP contribution in [0.1, 0.15) is 5.56 Å². The Morgan fingerprint density at radius 3 is 2.90 bits per heavy atom. The standard InChI is InChI=1S/C15H14N6/c16-7-11-8-19-14-4-2-1-3-13(14)15(11)18-5-6-21-10-12(17)9-20-21/h1-4,8-10H,5-6,17H2,(H,18,19). The third-order valence-corrected chi connectivity index (χ3v) is 3.19. The third-order valence-electron chi connectivity index (χ3n) is 3.19. The predicted octanol–water partition coefficient (Wildman–Crippen LogP) is 2.00. The molecular formula is C15H14N6. The summed E-state index contributed by atoms with van der Waals surface area (Å²) in [5.41, 5.74) is 8.47. The van der Waals surface area contributed by atoms with Gasteiger partial charge in [0.1, 0.15) is 6.07 Å². The van der Waals surface area contributed by atoms with E-state index in [-0.39, 0.29) is 0 Å². The van der Waals surface area contributed by atoms with Gasteiger partial charge in [-0.05, 0) is 6.07 Å². The summed E-state index contributed by atoms with van der Waals surface area (Å²) in [7, 11) is 0. The Morgan fingerprint density at radius 2 is 2.14 bits per heavy atom. The lowest BCUT2D eigenvalue weighted by Gasteiger charge is -2.11. The van der Waals surface area contributed by atoms with E-state index in [4.69, 9.17) is 5.73 Å². The fourth-order valence-electron chi connectivity index (χ4n) is 2.21. The lowest BCUT2D eigenvalue weighted by molar-refractivity contribution is 0.638. The summed E-state index contributed by atoms with van der Waals surface area (Å²) in [6, 6.07) is 9.92. The molecule has 3 aromatic rings. The first-order chi connectivity index (χ1) is 10.3. The van der Waals surface area contributed by atoms with Gasteiger partial charge in [-0.1, -0.05) is 18.2 Å². The van der Waals surface area contributed by atoms with Crippen molar-refractivity contribution in [2.75, 3.05) is 17.6 Å². The monoisotopic (exact) mass is 278 g/mol. The molecule has 0 aliphatic rings. The third kappa shape index (κ3) is 2.62. The summed E-state index contributed by atoms with van der Waals surface area (Å²) in [5, 5.41) is 17.6. The quantitative estimate of drug-likeness (QED) is 0.761. The van der Waals surface area contributed by atoms with Crippen LogP contribution in [0, 0.1) is 11.3 Å². The minimum absolute atomic E-state index is 0.536. The molecule has 6 nitrogen and oxygen atoms in total. The highest BCUT2D eigenvalue weighted by molar-refractivity contribution is 5.93. The van der Waals surface area contributed by atoms with E-state index in [0.29, 0.717) is 24.3 Å². The van der Waals surface area contributed by atoms with Crippen molar-refractivity contribution in [1.82, 2.24) is 14.8 Å². The van der Waals surface area contributed by atoms with E-state index in [1.807, 2.05) is 24.3 Å². The molecule has 0 spiro atoms. The molecule has 104 valence electrons. The molecule has 3 N–H and O–H groups in total. The molecule has 0 atom stereocenters. The van der Waals surface area contributed by atoms with Gasteiger partial charge in [0.05, 0.1) is 35.2 Å². The van der Waals surface area contributed by atoms with Crippen molar-refractivity contribution in [3.05, 3.63) is 48.4 Å². The van der Waals surface area contributed by atoms with Gasteiger partial charge in [0.2, 0.25) is 0 Å². The lowest BCUT2D eigenvalue weighted by atomic mass is 10.1. The molecule has 0 saturated carbocycles. The molecule has 1 aromatic carbocycles. The number of hydrogen-bond acceptors (Lipinski definition) is 5. The van der Waals surface area contributed by atoms with Gasteiger partial charge in [0.15, 0.2) is 0 Å². The van der Waals surface area contributed by atoms with Crippen LogP contribution in [0.3, 0.4) is 0 Å². The molecule has 0 aliphatic heterocycles. The van der Waals surface area contributed by atoms with E-state index in [9.17, 15) is 5.26 Å². The zero-order valence-electron chi connectivity index (χ0n) is 11.3. The molecule has 0 bridgehead atoms. The molecule has 0 radical (unpaired) electrons. The summed E-state index contributed by atoms with van der Waals surface area (Å²) in [6.07, 6.45) is 4.98. The largest absolute Gasteiger partial charge is 0.396 e. The van der Waals surface area contributed by atoms with Gasteiger partial charge in [0, 0.05) is 24.3 Å². The van der Waals surface area contributed by atoms with Crippen LogP contribution in [0.4, 0.5) is 11.4 Å². The summed E-state index contributed by atoms with van der Waals surface area (Å²) >= 11 is 0. The number of nitrogens with two attached hydrogens (primary N) is 1. The Balaban J connectivity index is 1.84. The topological polar surface area (TPSA) is 92.5 Å². The number of pyridine rings is 1. The van der Waals surface area contributed by atoms with Gasteiger partial charge < -0.3 is 11.1 Å². The van der Waals surface area contributed by atoms with E-state index in [2.05, 4.69) is 21.5 Å². The SMILES string of the molecule is N#Cc1cnc2ccccc2c1NCCn1cc(N)cn1. The van der Waals surface area contributed by atoms with Crippen molar-refractivity contribution in [2.24, 2.45) is 0 Å². The van der Waals surface area contributed by atoms with Crippen LogP contribution >= 0.6 is 0 Å². The molecule has 0 unspecified atom stereocenters. The second-order valence-corrected chi connectivity index (χ2v) is 4.64. The summed E-state index contributed by atoms with van der Waals surface area (Å²) < 4.78 is 1.76. The van der Waals surface area contributed by atoms with Crippen LogP contribution in [-0.2, 0) is 6.54 Å². The van der Waals surface area contributed by atoms with E-state index in [0.717, 1.165) is 16.6 Å². The maximum absolute atomic E-state index is 9.23. The number of fused-ring (bicyclic) bond motifs is 1. The minimum Gasteiger partial charge on any atom is -0.396 e.